The first-order valence-electron chi connectivity index (χ1n) is 14.1. The van der Waals surface area contributed by atoms with E-state index in [4.69, 9.17) is 4.98 Å². The Kier molecular flexibility index (Phi) is 4.64. The lowest BCUT2D eigenvalue weighted by atomic mass is 9.86. The van der Waals surface area contributed by atoms with Crippen molar-refractivity contribution in [2.75, 3.05) is 0 Å². The van der Waals surface area contributed by atoms with Gasteiger partial charge >= 0.3 is 0 Å². The number of pyridine rings is 1. The summed E-state index contributed by atoms with van der Waals surface area (Å²) in [6, 6.07) is 52.5. The first-order chi connectivity index (χ1) is 20.4. The lowest BCUT2D eigenvalue weighted by Crippen LogP contribution is -1.92. The Labute approximate surface area is 236 Å². The molecule has 0 atom stereocenters. The van der Waals surface area contributed by atoms with Gasteiger partial charge in [-0.1, -0.05) is 127 Å². The van der Waals surface area contributed by atoms with Gasteiger partial charge in [0.1, 0.15) is 5.65 Å². The van der Waals surface area contributed by atoms with Gasteiger partial charge in [-0.05, 0) is 67.4 Å². The molecule has 0 spiro atoms. The molecule has 41 heavy (non-hydrogen) atoms. The number of imidazole rings is 1. The number of rotatable bonds is 2. The van der Waals surface area contributed by atoms with Crippen LogP contribution in [0, 0.1) is 0 Å². The highest BCUT2D eigenvalue weighted by molar-refractivity contribution is 6.22. The van der Waals surface area contributed by atoms with Crippen LogP contribution in [0.5, 0.6) is 0 Å². The number of aromatic nitrogens is 2. The van der Waals surface area contributed by atoms with Crippen molar-refractivity contribution in [3.8, 4) is 22.3 Å². The number of fused-ring (bicyclic) bond motifs is 10. The molecule has 0 saturated heterocycles. The van der Waals surface area contributed by atoms with Crippen LogP contribution in [0.4, 0.5) is 0 Å². The Morgan fingerprint density at radius 3 is 1.54 bits per heavy atom. The molecular weight excluding hydrogens is 496 g/mol. The molecule has 2 heteroatoms. The maximum absolute atomic E-state index is 5.17. The molecule has 0 unspecified atom stereocenters. The number of nitrogens with zero attached hydrogens (tertiary/aromatic N) is 2. The summed E-state index contributed by atoms with van der Waals surface area (Å²) >= 11 is 0. The molecule has 0 aliphatic rings. The van der Waals surface area contributed by atoms with E-state index >= 15 is 0 Å². The summed E-state index contributed by atoms with van der Waals surface area (Å²) in [6.45, 7) is 0. The molecule has 0 amide bonds. The van der Waals surface area contributed by atoms with E-state index in [1.165, 1.54) is 65.5 Å². The molecule has 0 aliphatic carbocycles. The minimum Gasteiger partial charge on any atom is -0.292 e. The van der Waals surface area contributed by atoms with Crippen molar-refractivity contribution < 1.29 is 0 Å². The molecule has 0 saturated carbocycles. The smallest absolute Gasteiger partial charge is 0.146 e. The molecule has 2 heterocycles. The largest absolute Gasteiger partial charge is 0.292 e. The van der Waals surface area contributed by atoms with E-state index in [-0.39, 0.29) is 0 Å². The second-order valence-electron chi connectivity index (χ2n) is 10.7. The van der Waals surface area contributed by atoms with Gasteiger partial charge in [-0.2, -0.15) is 0 Å². The predicted molar refractivity (Wildman–Crippen MR) is 174 cm³/mol. The molecule has 0 aliphatic heterocycles. The highest BCUT2D eigenvalue weighted by Gasteiger charge is 2.18. The summed E-state index contributed by atoms with van der Waals surface area (Å²) in [6.07, 6.45) is 0. The first-order valence-corrected chi connectivity index (χ1v) is 14.1. The van der Waals surface area contributed by atoms with E-state index in [2.05, 4.69) is 150 Å². The standard InChI is InChI=1S/C39H24N2/c1-2-12-25(13-3-1)37-29-16-5-7-18-31(29)38(32-19-8-6-17-30(32)37)26-22-23-34-36(24-26)41-35-21-11-10-15-28(35)27-14-4-9-20-33(27)39(41)40-34/h1-24H. The van der Waals surface area contributed by atoms with E-state index in [0.29, 0.717) is 0 Å². The fourth-order valence-electron chi connectivity index (χ4n) is 6.82. The summed E-state index contributed by atoms with van der Waals surface area (Å²) in [5, 5.41) is 8.70. The minimum absolute atomic E-state index is 1.00. The van der Waals surface area contributed by atoms with E-state index < -0.39 is 0 Å². The van der Waals surface area contributed by atoms with Crippen LogP contribution in [-0.2, 0) is 0 Å². The predicted octanol–water partition coefficient (Wildman–Crippen LogP) is 10.4. The van der Waals surface area contributed by atoms with Crippen molar-refractivity contribution in [3.63, 3.8) is 0 Å². The van der Waals surface area contributed by atoms with Crippen molar-refractivity contribution in [3.05, 3.63) is 146 Å². The molecule has 0 bridgehead atoms. The number of benzene rings is 7. The van der Waals surface area contributed by atoms with E-state index in [9.17, 15) is 0 Å². The second-order valence-corrected chi connectivity index (χ2v) is 10.7. The number of para-hydroxylation sites is 1. The molecular formula is C39H24N2. The van der Waals surface area contributed by atoms with Crippen LogP contribution in [0.1, 0.15) is 0 Å². The van der Waals surface area contributed by atoms with Crippen molar-refractivity contribution in [1.82, 2.24) is 9.38 Å². The van der Waals surface area contributed by atoms with Crippen LogP contribution in [0.3, 0.4) is 0 Å². The van der Waals surface area contributed by atoms with Crippen molar-refractivity contribution in [2.24, 2.45) is 0 Å². The van der Waals surface area contributed by atoms with Crippen LogP contribution in [0.15, 0.2) is 146 Å². The van der Waals surface area contributed by atoms with Crippen molar-refractivity contribution >= 4 is 59.9 Å². The molecule has 0 N–H and O–H groups in total. The third kappa shape index (κ3) is 3.16. The van der Waals surface area contributed by atoms with Crippen molar-refractivity contribution in [1.29, 1.82) is 0 Å². The maximum Gasteiger partial charge on any atom is 0.146 e. The van der Waals surface area contributed by atoms with Gasteiger partial charge in [0.25, 0.3) is 0 Å². The van der Waals surface area contributed by atoms with Crippen molar-refractivity contribution in [2.45, 2.75) is 0 Å². The Hall–Kier alpha value is -5.47. The summed E-state index contributed by atoms with van der Waals surface area (Å²) in [4.78, 5) is 5.17. The zero-order valence-corrected chi connectivity index (χ0v) is 22.3. The maximum atomic E-state index is 5.17. The number of hydrogen-bond donors (Lipinski definition) is 0. The van der Waals surface area contributed by atoms with Gasteiger partial charge in [0.15, 0.2) is 0 Å². The molecule has 190 valence electrons. The lowest BCUT2D eigenvalue weighted by molar-refractivity contribution is 1.31. The van der Waals surface area contributed by atoms with Crippen LogP contribution in [0.25, 0.3) is 82.2 Å². The third-order valence-corrected chi connectivity index (χ3v) is 8.54. The van der Waals surface area contributed by atoms with E-state index in [1.54, 1.807) is 0 Å². The third-order valence-electron chi connectivity index (χ3n) is 8.54. The molecule has 0 radical (unpaired) electrons. The second kappa shape index (κ2) is 8.51. The molecule has 9 aromatic rings. The molecule has 2 nitrogen and oxygen atoms in total. The minimum atomic E-state index is 1.00. The quantitative estimate of drug-likeness (QED) is 0.164. The van der Waals surface area contributed by atoms with Gasteiger partial charge in [-0.25, -0.2) is 4.98 Å². The van der Waals surface area contributed by atoms with Gasteiger partial charge in [0.2, 0.25) is 0 Å². The molecule has 0 fully saturated rings. The van der Waals surface area contributed by atoms with E-state index in [1.807, 2.05) is 0 Å². The van der Waals surface area contributed by atoms with Gasteiger partial charge in [0, 0.05) is 10.8 Å². The Morgan fingerprint density at radius 2 is 0.878 bits per heavy atom. The molecule has 7 aromatic carbocycles. The Bertz CT molecular complexity index is 2410. The van der Waals surface area contributed by atoms with Crippen LogP contribution < -0.4 is 0 Å². The van der Waals surface area contributed by atoms with Crippen LogP contribution >= 0.6 is 0 Å². The Balaban J connectivity index is 1.43. The van der Waals surface area contributed by atoms with E-state index in [0.717, 1.165) is 16.7 Å². The summed E-state index contributed by atoms with van der Waals surface area (Å²) in [5.41, 5.74) is 9.29. The normalized spacial score (nSPS) is 11.9. The first kappa shape index (κ1) is 22.4. The fourth-order valence-corrected chi connectivity index (χ4v) is 6.82. The highest BCUT2D eigenvalue weighted by atomic mass is 15.0. The van der Waals surface area contributed by atoms with Gasteiger partial charge in [-0.3, -0.25) is 4.40 Å². The number of hydrogen-bond acceptors (Lipinski definition) is 1. The summed E-state index contributed by atoms with van der Waals surface area (Å²) in [7, 11) is 0. The zero-order valence-electron chi connectivity index (χ0n) is 22.3. The average molecular weight is 521 g/mol. The molecule has 9 rings (SSSR count). The monoisotopic (exact) mass is 520 g/mol. The zero-order chi connectivity index (χ0) is 26.9. The summed E-state index contributed by atoms with van der Waals surface area (Å²) < 4.78 is 2.35. The Morgan fingerprint density at radius 1 is 0.366 bits per heavy atom. The SMILES string of the molecule is c1ccc(-c2c3ccccc3c(-c3ccc4nc5c6ccccc6c6ccccc6n5c4c3)c3ccccc23)cc1. The summed E-state index contributed by atoms with van der Waals surface area (Å²) in [5.74, 6) is 0. The highest BCUT2D eigenvalue weighted by Crippen LogP contribution is 2.44. The van der Waals surface area contributed by atoms with Gasteiger partial charge in [-0.15, -0.1) is 0 Å². The molecule has 2 aromatic heterocycles. The topological polar surface area (TPSA) is 17.3 Å². The fraction of sp³-hybridized carbons (Fsp3) is 0. The van der Waals surface area contributed by atoms with Gasteiger partial charge in [0.05, 0.1) is 16.6 Å². The lowest BCUT2D eigenvalue weighted by Gasteiger charge is -2.17. The van der Waals surface area contributed by atoms with Crippen LogP contribution in [-0.4, -0.2) is 9.38 Å². The van der Waals surface area contributed by atoms with Crippen LogP contribution in [0.2, 0.25) is 0 Å². The average Bonchev–Trinajstić information content (AvgIpc) is 3.43. The van der Waals surface area contributed by atoms with Gasteiger partial charge < -0.3 is 0 Å².